The summed E-state index contributed by atoms with van der Waals surface area (Å²) in [7, 11) is 1.41. The third-order valence-corrected chi connectivity index (χ3v) is 3.10. The maximum atomic E-state index is 13.4. The van der Waals surface area contributed by atoms with Gasteiger partial charge < -0.3 is 14.6 Å². The lowest BCUT2D eigenvalue weighted by molar-refractivity contribution is 0.0691. The number of benzene rings is 2. The largest absolute Gasteiger partial charge is 0.493 e. The van der Waals surface area contributed by atoms with Gasteiger partial charge in [0.1, 0.15) is 18.0 Å². The lowest BCUT2D eigenvalue weighted by Crippen LogP contribution is -2.05. The summed E-state index contributed by atoms with van der Waals surface area (Å²) in [5.41, 5.74) is 0.503. The second-order valence-corrected chi connectivity index (χ2v) is 4.59. The Hall–Kier alpha value is -2.27. The molecule has 0 spiro atoms. The van der Waals surface area contributed by atoms with Crippen LogP contribution in [0.2, 0.25) is 5.02 Å². The minimum absolute atomic E-state index is 0.00522. The van der Waals surface area contributed by atoms with Crippen molar-refractivity contribution in [1.82, 2.24) is 0 Å². The Morgan fingerprint density at radius 3 is 2.71 bits per heavy atom. The van der Waals surface area contributed by atoms with E-state index in [4.69, 9.17) is 26.2 Å². The summed E-state index contributed by atoms with van der Waals surface area (Å²) in [5, 5.41) is 9.17. The first-order chi connectivity index (χ1) is 10.0. The van der Waals surface area contributed by atoms with Crippen LogP contribution in [0.1, 0.15) is 15.9 Å². The summed E-state index contributed by atoms with van der Waals surface area (Å²) in [6, 6.07) is 8.79. The van der Waals surface area contributed by atoms with Crippen LogP contribution < -0.4 is 9.47 Å². The molecule has 0 aliphatic carbocycles. The van der Waals surface area contributed by atoms with E-state index in [0.29, 0.717) is 11.3 Å². The lowest BCUT2D eigenvalue weighted by Gasteiger charge is -2.13. The topological polar surface area (TPSA) is 55.8 Å². The van der Waals surface area contributed by atoms with Crippen molar-refractivity contribution in [2.75, 3.05) is 7.11 Å². The highest BCUT2D eigenvalue weighted by molar-refractivity contribution is 6.30. The average molecular weight is 311 g/mol. The molecule has 110 valence electrons. The summed E-state index contributed by atoms with van der Waals surface area (Å²) in [6.07, 6.45) is 0. The van der Waals surface area contributed by atoms with Gasteiger partial charge in [0.05, 0.1) is 12.1 Å². The number of carbonyl (C=O) groups is 1. The second kappa shape index (κ2) is 6.45. The number of hydrogen-bond donors (Lipinski definition) is 1. The van der Waals surface area contributed by atoms with Crippen molar-refractivity contribution < 1.29 is 23.8 Å². The molecule has 1 N–H and O–H groups in total. The predicted molar refractivity (Wildman–Crippen MR) is 75.7 cm³/mol. The van der Waals surface area contributed by atoms with Gasteiger partial charge in [0, 0.05) is 0 Å². The molecule has 6 heteroatoms. The molecule has 0 atom stereocenters. The molecule has 0 heterocycles. The van der Waals surface area contributed by atoms with Crippen molar-refractivity contribution in [3.63, 3.8) is 0 Å². The Morgan fingerprint density at radius 1 is 1.33 bits per heavy atom. The second-order valence-electron chi connectivity index (χ2n) is 4.18. The van der Waals surface area contributed by atoms with E-state index in [9.17, 15) is 9.18 Å². The number of para-hydroxylation sites is 1. The number of carboxylic acid groups (broad SMARTS) is 1. The number of ether oxygens (including phenoxy) is 2. The zero-order valence-electron chi connectivity index (χ0n) is 11.1. The van der Waals surface area contributed by atoms with E-state index in [1.54, 1.807) is 18.2 Å². The van der Waals surface area contributed by atoms with Gasteiger partial charge in [-0.1, -0.05) is 23.7 Å². The van der Waals surface area contributed by atoms with E-state index in [1.165, 1.54) is 25.3 Å². The fourth-order valence-corrected chi connectivity index (χ4v) is 1.90. The fraction of sp³-hybridized carbons (Fsp3) is 0.133. The molecular weight excluding hydrogens is 299 g/mol. The minimum Gasteiger partial charge on any atom is -0.493 e. The van der Waals surface area contributed by atoms with Crippen molar-refractivity contribution >= 4 is 17.6 Å². The number of aromatic carboxylic acids is 1. The first-order valence-electron chi connectivity index (χ1n) is 6.00. The monoisotopic (exact) mass is 310 g/mol. The summed E-state index contributed by atoms with van der Waals surface area (Å²) in [5.74, 6) is -1.30. The molecule has 0 saturated carbocycles. The zero-order chi connectivity index (χ0) is 15.4. The molecule has 2 rings (SSSR count). The Labute approximate surface area is 125 Å². The van der Waals surface area contributed by atoms with Crippen LogP contribution in [-0.4, -0.2) is 18.2 Å². The quantitative estimate of drug-likeness (QED) is 0.913. The van der Waals surface area contributed by atoms with Crippen LogP contribution in [0.4, 0.5) is 4.39 Å². The van der Waals surface area contributed by atoms with E-state index >= 15 is 0 Å². The first-order valence-corrected chi connectivity index (χ1v) is 6.37. The molecule has 0 aromatic heterocycles. The van der Waals surface area contributed by atoms with E-state index in [0.717, 1.165) is 0 Å². The lowest BCUT2D eigenvalue weighted by atomic mass is 10.2. The van der Waals surface area contributed by atoms with E-state index in [-0.39, 0.29) is 22.9 Å². The van der Waals surface area contributed by atoms with Gasteiger partial charge in [-0.15, -0.1) is 0 Å². The number of halogens is 2. The number of hydrogen-bond acceptors (Lipinski definition) is 3. The molecule has 0 fully saturated rings. The van der Waals surface area contributed by atoms with Crippen LogP contribution in [0.3, 0.4) is 0 Å². The van der Waals surface area contributed by atoms with Crippen molar-refractivity contribution in [2.45, 2.75) is 6.61 Å². The highest BCUT2D eigenvalue weighted by atomic mass is 35.5. The van der Waals surface area contributed by atoms with E-state index in [1.807, 2.05) is 0 Å². The Bertz CT molecular complexity index is 673. The minimum atomic E-state index is -1.13. The Balaban J connectivity index is 2.26. The van der Waals surface area contributed by atoms with Gasteiger partial charge in [0.25, 0.3) is 0 Å². The predicted octanol–water partition coefficient (Wildman–Crippen LogP) is 3.76. The highest BCUT2D eigenvalue weighted by Crippen LogP contribution is 2.32. The molecule has 0 unspecified atom stereocenters. The molecule has 21 heavy (non-hydrogen) atoms. The summed E-state index contributed by atoms with van der Waals surface area (Å²) < 4.78 is 23.9. The van der Waals surface area contributed by atoms with Crippen LogP contribution in [0.5, 0.6) is 11.5 Å². The molecule has 0 bridgehead atoms. The SMILES string of the molecule is COc1cccc(C(=O)O)c1OCc1ccc(Cl)c(F)c1. The average Bonchev–Trinajstić information content (AvgIpc) is 2.48. The van der Waals surface area contributed by atoms with Crippen molar-refractivity contribution in [3.8, 4) is 11.5 Å². The van der Waals surface area contributed by atoms with Crippen LogP contribution in [0.15, 0.2) is 36.4 Å². The van der Waals surface area contributed by atoms with Crippen molar-refractivity contribution in [1.29, 1.82) is 0 Å². The van der Waals surface area contributed by atoms with Gasteiger partial charge in [0.2, 0.25) is 0 Å². The van der Waals surface area contributed by atoms with Crippen molar-refractivity contribution in [3.05, 3.63) is 58.4 Å². The third kappa shape index (κ3) is 3.44. The van der Waals surface area contributed by atoms with E-state index < -0.39 is 11.8 Å². The Morgan fingerprint density at radius 2 is 2.10 bits per heavy atom. The van der Waals surface area contributed by atoms with Gasteiger partial charge >= 0.3 is 5.97 Å². The molecule has 0 saturated heterocycles. The van der Waals surface area contributed by atoms with Gasteiger partial charge in [-0.3, -0.25) is 0 Å². The molecular formula is C15H12ClFO4. The van der Waals surface area contributed by atoms with Crippen LogP contribution in [0, 0.1) is 5.82 Å². The summed E-state index contributed by atoms with van der Waals surface area (Å²) >= 11 is 5.60. The highest BCUT2D eigenvalue weighted by Gasteiger charge is 2.16. The zero-order valence-corrected chi connectivity index (χ0v) is 11.9. The van der Waals surface area contributed by atoms with Gasteiger partial charge in [-0.2, -0.15) is 0 Å². The van der Waals surface area contributed by atoms with Gasteiger partial charge in [-0.25, -0.2) is 9.18 Å². The summed E-state index contributed by atoms with van der Waals surface area (Å²) in [6.45, 7) is -0.00522. The molecule has 0 radical (unpaired) electrons. The molecule has 0 aliphatic heterocycles. The first kappa shape index (κ1) is 15.1. The molecule has 0 amide bonds. The maximum absolute atomic E-state index is 13.4. The molecule has 2 aromatic rings. The standard InChI is InChI=1S/C15H12ClFO4/c1-20-13-4-2-3-10(15(18)19)14(13)21-8-9-5-6-11(16)12(17)7-9/h2-7H,8H2,1H3,(H,18,19). The summed E-state index contributed by atoms with van der Waals surface area (Å²) in [4.78, 5) is 11.2. The smallest absolute Gasteiger partial charge is 0.339 e. The Kier molecular flexibility index (Phi) is 4.65. The van der Waals surface area contributed by atoms with Crippen LogP contribution >= 0.6 is 11.6 Å². The van der Waals surface area contributed by atoms with E-state index in [2.05, 4.69) is 0 Å². The van der Waals surface area contributed by atoms with Crippen LogP contribution in [0.25, 0.3) is 0 Å². The third-order valence-electron chi connectivity index (χ3n) is 2.80. The number of rotatable bonds is 5. The fourth-order valence-electron chi connectivity index (χ4n) is 1.78. The number of methoxy groups -OCH3 is 1. The van der Waals surface area contributed by atoms with Gasteiger partial charge in [-0.05, 0) is 29.8 Å². The normalized spacial score (nSPS) is 10.2. The maximum Gasteiger partial charge on any atom is 0.339 e. The van der Waals surface area contributed by atoms with Crippen molar-refractivity contribution in [2.24, 2.45) is 0 Å². The molecule has 2 aromatic carbocycles. The van der Waals surface area contributed by atoms with Crippen LogP contribution in [-0.2, 0) is 6.61 Å². The number of carboxylic acids is 1. The molecule has 4 nitrogen and oxygen atoms in total. The molecule has 0 aliphatic rings. The van der Waals surface area contributed by atoms with Gasteiger partial charge in [0.15, 0.2) is 11.5 Å².